The lowest BCUT2D eigenvalue weighted by Crippen LogP contribution is -2.22. The first kappa shape index (κ1) is 16.3. The van der Waals surface area contributed by atoms with E-state index in [0.29, 0.717) is 12.7 Å². The van der Waals surface area contributed by atoms with Crippen molar-refractivity contribution in [2.45, 2.75) is 64.4 Å². The van der Waals surface area contributed by atoms with E-state index in [9.17, 15) is 8.42 Å². The Labute approximate surface area is 116 Å². The van der Waals surface area contributed by atoms with Crippen molar-refractivity contribution in [2.24, 2.45) is 5.92 Å². The summed E-state index contributed by atoms with van der Waals surface area (Å²) in [7, 11) is 1.91. The fraction of sp³-hybridized carbons (Fsp3) is 1.00. The minimum atomic E-state index is -3.41. The summed E-state index contributed by atoms with van der Waals surface area (Å²) in [5.74, 6) is 0.0792. The maximum absolute atomic E-state index is 11.1. The van der Waals surface area contributed by atoms with Gasteiger partial charge in [-0.1, -0.05) is 39.0 Å². The van der Waals surface area contributed by atoms with E-state index >= 15 is 0 Å². The molecule has 1 aliphatic carbocycles. The zero-order valence-electron chi connectivity index (χ0n) is 11.2. The highest BCUT2D eigenvalue weighted by atomic mass is 35.7. The molecule has 0 radical (unpaired) electrons. The van der Waals surface area contributed by atoms with Gasteiger partial charge >= 0.3 is 0 Å². The second kappa shape index (κ2) is 8.39. The van der Waals surface area contributed by atoms with Crippen LogP contribution in [0.15, 0.2) is 0 Å². The molecule has 0 amide bonds. The fourth-order valence-corrected chi connectivity index (χ4v) is 3.95. The van der Waals surface area contributed by atoms with Gasteiger partial charge in [-0.05, 0) is 25.2 Å². The normalized spacial score (nSPS) is 20.6. The Morgan fingerprint density at radius 2 is 1.83 bits per heavy atom. The van der Waals surface area contributed by atoms with Gasteiger partial charge in [-0.15, -0.1) is 0 Å². The van der Waals surface area contributed by atoms with Crippen molar-refractivity contribution in [1.29, 1.82) is 0 Å². The third-order valence-electron chi connectivity index (χ3n) is 3.50. The molecule has 0 aromatic heterocycles. The summed E-state index contributed by atoms with van der Waals surface area (Å²) < 4.78 is 28.2. The lowest BCUT2D eigenvalue weighted by atomic mass is 10.1. The Bertz CT molecular complexity index is 308. The summed E-state index contributed by atoms with van der Waals surface area (Å²) in [4.78, 5) is 0. The van der Waals surface area contributed by atoms with Gasteiger partial charge in [-0.2, -0.15) is 0 Å². The van der Waals surface area contributed by atoms with Crippen LogP contribution in [-0.4, -0.2) is 26.9 Å². The van der Waals surface area contributed by atoms with Crippen LogP contribution < -0.4 is 0 Å². The molecule has 0 aromatic carbocycles. The Balaban J connectivity index is 2.35. The van der Waals surface area contributed by atoms with E-state index in [0.717, 1.165) is 25.7 Å². The van der Waals surface area contributed by atoms with E-state index in [1.807, 2.05) is 0 Å². The first-order valence-electron chi connectivity index (χ1n) is 7.05. The minimum Gasteiger partial charge on any atom is -0.378 e. The molecule has 0 N–H and O–H groups in total. The third kappa shape index (κ3) is 7.59. The number of hydrogen-bond acceptors (Lipinski definition) is 3. The molecule has 0 bridgehead atoms. The maximum atomic E-state index is 11.1. The Hall–Kier alpha value is 0.200. The van der Waals surface area contributed by atoms with Crippen LogP contribution >= 0.6 is 10.7 Å². The highest BCUT2D eigenvalue weighted by molar-refractivity contribution is 8.13. The van der Waals surface area contributed by atoms with Crippen molar-refractivity contribution >= 4 is 19.7 Å². The molecule has 0 heterocycles. The van der Waals surface area contributed by atoms with Crippen molar-refractivity contribution in [3.63, 3.8) is 0 Å². The molecule has 0 spiro atoms. The molecule has 1 unspecified atom stereocenters. The number of rotatable bonds is 7. The Morgan fingerprint density at radius 1 is 1.22 bits per heavy atom. The maximum Gasteiger partial charge on any atom is 0.232 e. The first-order chi connectivity index (χ1) is 8.51. The van der Waals surface area contributed by atoms with E-state index in [-0.39, 0.29) is 11.7 Å². The molecule has 1 saturated carbocycles. The first-order valence-corrected chi connectivity index (χ1v) is 9.53. The van der Waals surface area contributed by atoms with Crippen molar-refractivity contribution in [3.05, 3.63) is 0 Å². The molecule has 0 aromatic rings. The van der Waals surface area contributed by atoms with Gasteiger partial charge in [0.2, 0.25) is 9.05 Å². The second-order valence-electron chi connectivity index (χ2n) is 5.31. The second-order valence-corrected chi connectivity index (χ2v) is 8.13. The molecule has 1 fully saturated rings. The Morgan fingerprint density at radius 3 is 2.33 bits per heavy atom. The summed E-state index contributed by atoms with van der Waals surface area (Å²) in [6.45, 7) is 2.59. The fourth-order valence-electron chi connectivity index (χ4n) is 2.59. The van der Waals surface area contributed by atoms with Crippen LogP contribution in [0.5, 0.6) is 0 Å². The number of halogens is 1. The zero-order chi connectivity index (χ0) is 13.4. The van der Waals surface area contributed by atoms with Crippen molar-refractivity contribution in [1.82, 2.24) is 0 Å². The van der Waals surface area contributed by atoms with Gasteiger partial charge in [-0.3, -0.25) is 0 Å². The molecule has 5 heteroatoms. The van der Waals surface area contributed by atoms with E-state index in [1.165, 1.54) is 25.7 Å². The van der Waals surface area contributed by atoms with Crippen LogP contribution in [0.2, 0.25) is 0 Å². The SMILES string of the molecule is CCCC(COC1CCCCCC1)CS(=O)(=O)Cl. The largest absolute Gasteiger partial charge is 0.378 e. The van der Waals surface area contributed by atoms with Crippen LogP contribution in [0.1, 0.15) is 58.3 Å². The highest BCUT2D eigenvalue weighted by Crippen LogP contribution is 2.21. The van der Waals surface area contributed by atoms with Crippen LogP contribution in [0, 0.1) is 5.92 Å². The molecule has 1 rings (SSSR count). The summed E-state index contributed by atoms with van der Waals surface area (Å²) in [5.41, 5.74) is 0. The molecular weight excluding hydrogens is 272 g/mol. The summed E-state index contributed by atoms with van der Waals surface area (Å²) in [6, 6.07) is 0. The molecule has 3 nitrogen and oxygen atoms in total. The monoisotopic (exact) mass is 296 g/mol. The van der Waals surface area contributed by atoms with Gasteiger partial charge in [0.1, 0.15) is 0 Å². The van der Waals surface area contributed by atoms with Crippen LogP contribution in [-0.2, 0) is 13.8 Å². The standard InChI is InChI=1S/C13H25ClO3S/c1-2-7-12(11-18(14,15)16)10-17-13-8-5-3-4-6-9-13/h12-13H,2-11H2,1H3. The van der Waals surface area contributed by atoms with Gasteiger partial charge in [0.15, 0.2) is 0 Å². The average Bonchev–Trinajstić information content (AvgIpc) is 2.52. The summed E-state index contributed by atoms with van der Waals surface area (Å²) in [5, 5.41) is 0. The average molecular weight is 297 g/mol. The van der Waals surface area contributed by atoms with Crippen LogP contribution in [0.3, 0.4) is 0 Å². The van der Waals surface area contributed by atoms with Gasteiger partial charge in [-0.25, -0.2) is 8.42 Å². The van der Waals surface area contributed by atoms with Gasteiger partial charge in [0.25, 0.3) is 0 Å². The molecule has 108 valence electrons. The Kier molecular flexibility index (Phi) is 7.57. The topological polar surface area (TPSA) is 43.4 Å². The molecule has 0 saturated heterocycles. The molecule has 0 aliphatic heterocycles. The molecule has 1 atom stereocenters. The van der Waals surface area contributed by atoms with Gasteiger partial charge in [0, 0.05) is 10.7 Å². The van der Waals surface area contributed by atoms with E-state index in [4.69, 9.17) is 15.4 Å². The molecule has 18 heavy (non-hydrogen) atoms. The van der Waals surface area contributed by atoms with E-state index < -0.39 is 9.05 Å². The third-order valence-corrected chi connectivity index (χ3v) is 4.75. The lowest BCUT2D eigenvalue weighted by Gasteiger charge is -2.20. The summed E-state index contributed by atoms with van der Waals surface area (Å²) in [6.07, 6.45) is 9.45. The highest BCUT2D eigenvalue weighted by Gasteiger charge is 2.19. The van der Waals surface area contributed by atoms with E-state index in [2.05, 4.69) is 6.92 Å². The predicted molar refractivity (Wildman–Crippen MR) is 75.5 cm³/mol. The number of ether oxygens (including phenoxy) is 1. The van der Waals surface area contributed by atoms with Crippen LogP contribution in [0.4, 0.5) is 0 Å². The van der Waals surface area contributed by atoms with Crippen molar-refractivity contribution in [3.8, 4) is 0 Å². The van der Waals surface area contributed by atoms with Gasteiger partial charge < -0.3 is 4.74 Å². The quantitative estimate of drug-likeness (QED) is 0.531. The smallest absolute Gasteiger partial charge is 0.232 e. The number of hydrogen-bond donors (Lipinski definition) is 0. The van der Waals surface area contributed by atoms with Gasteiger partial charge in [0.05, 0.1) is 18.5 Å². The zero-order valence-corrected chi connectivity index (χ0v) is 12.8. The van der Waals surface area contributed by atoms with Crippen molar-refractivity contribution < 1.29 is 13.2 Å². The summed E-state index contributed by atoms with van der Waals surface area (Å²) >= 11 is 0. The predicted octanol–water partition coefficient (Wildman–Crippen LogP) is 3.71. The van der Waals surface area contributed by atoms with Crippen molar-refractivity contribution in [2.75, 3.05) is 12.4 Å². The molecule has 1 aliphatic rings. The molecular formula is C13H25ClO3S. The minimum absolute atomic E-state index is 0.0368. The lowest BCUT2D eigenvalue weighted by molar-refractivity contribution is 0.0228. The van der Waals surface area contributed by atoms with Crippen LogP contribution in [0.25, 0.3) is 0 Å². The van der Waals surface area contributed by atoms with E-state index in [1.54, 1.807) is 0 Å².